The lowest BCUT2D eigenvalue weighted by atomic mass is 10.1. The molecular weight excluding hydrogens is 212 g/mol. The Kier molecular flexibility index (Phi) is 4.60. The van der Waals surface area contributed by atoms with Gasteiger partial charge in [-0.25, -0.2) is 4.79 Å². The monoisotopic (exact) mass is 226 g/mol. The van der Waals surface area contributed by atoms with E-state index in [1.807, 2.05) is 0 Å². The van der Waals surface area contributed by atoms with Crippen molar-refractivity contribution in [3.8, 4) is 11.5 Å². The third kappa shape index (κ3) is 3.13. The van der Waals surface area contributed by atoms with Crippen LogP contribution in [0.2, 0.25) is 0 Å². The molecule has 5 heteroatoms. The minimum absolute atomic E-state index is 0.119. The van der Waals surface area contributed by atoms with Crippen LogP contribution in [0.25, 0.3) is 0 Å². The van der Waals surface area contributed by atoms with Gasteiger partial charge in [0, 0.05) is 0 Å². The number of ether oxygens (including phenoxy) is 2. The van der Waals surface area contributed by atoms with Gasteiger partial charge >= 0.3 is 5.97 Å². The Morgan fingerprint density at radius 2 is 1.81 bits per heavy atom. The molecule has 0 radical (unpaired) electrons. The summed E-state index contributed by atoms with van der Waals surface area (Å²) >= 11 is 0. The van der Waals surface area contributed by atoms with E-state index in [2.05, 4.69) is 9.78 Å². The molecule has 1 rings (SSSR count). The summed E-state index contributed by atoms with van der Waals surface area (Å²) in [5, 5.41) is 0. The molecule has 16 heavy (non-hydrogen) atoms. The first kappa shape index (κ1) is 12.3. The molecule has 0 aromatic heterocycles. The van der Waals surface area contributed by atoms with E-state index in [0.29, 0.717) is 11.5 Å². The van der Waals surface area contributed by atoms with E-state index in [0.717, 1.165) is 5.56 Å². The van der Waals surface area contributed by atoms with Gasteiger partial charge in [0.15, 0.2) is 11.5 Å². The molecule has 0 aliphatic rings. The van der Waals surface area contributed by atoms with Gasteiger partial charge in [-0.15, -0.1) is 0 Å². The largest absolute Gasteiger partial charge is 0.493 e. The fraction of sp³-hybridized carbons (Fsp3) is 0.364. The predicted octanol–water partition coefficient (Wildman–Crippen LogP) is 1.35. The molecule has 1 aromatic carbocycles. The topological polar surface area (TPSA) is 54.0 Å². The zero-order chi connectivity index (χ0) is 12.0. The lowest BCUT2D eigenvalue weighted by molar-refractivity contribution is -0.254. The minimum Gasteiger partial charge on any atom is -0.493 e. The highest BCUT2D eigenvalue weighted by Gasteiger charge is 2.09. The second-order valence-corrected chi connectivity index (χ2v) is 2.99. The smallest absolute Gasteiger partial charge is 0.346 e. The summed E-state index contributed by atoms with van der Waals surface area (Å²) in [5.41, 5.74) is 0.764. The molecule has 0 N–H and O–H groups in total. The van der Waals surface area contributed by atoms with Gasteiger partial charge in [0.25, 0.3) is 0 Å². The van der Waals surface area contributed by atoms with E-state index in [1.165, 1.54) is 14.2 Å². The highest BCUT2D eigenvalue weighted by atomic mass is 17.2. The summed E-state index contributed by atoms with van der Waals surface area (Å²) in [6, 6.07) is 5.21. The molecule has 0 aliphatic carbocycles. The Morgan fingerprint density at radius 3 is 2.38 bits per heavy atom. The van der Waals surface area contributed by atoms with Gasteiger partial charge in [-0.2, -0.15) is 4.89 Å². The van der Waals surface area contributed by atoms with Crippen molar-refractivity contribution in [2.45, 2.75) is 6.42 Å². The van der Waals surface area contributed by atoms with Gasteiger partial charge in [-0.3, -0.25) is 4.89 Å². The Labute approximate surface area is 93.8 Å². The number of hydrogen-bond donors (Lipinski definition) is 0. The molecule has 0 aliphatic heterocycles. The fourth-order valence-corrected chi connectivity index (χ4v) is 1.28. The van der Waals surface area contributed by atoms with Crippen LogP contribution in [-0.4, -0.2) is 27.3 Å². The molecular formula is C11H14O5. The molecule has 0 bridgehead atoms. The van der Waals surface area contributed by atoms with Crippen LogP contribution in [0.1, 0.15) is 5.56 Å². The second kappa shape index (κ2) is 5.97. The third-order valence-corrected chi connectivity index (χ3v) is 1.97. The lowest BCUT2D eigenvalue weighted by Gasteiger charge is -2.08. The van der Waals surface area contributed by atoms with Crippen molar-refractivity contribution < 1.29 is 24.0 Å². The number of hydrogen-bond acceptors (Lipinski definition) is 5. The Morgan fingerprint density at radius 1 is 1.12 bits per heavy atom. The quantitative estimate of drug-likeness (QED) is 0.560. The van der Waals surface area contributed by atoms with E-state index in [1.54, 1.807) is 25.3 Å². The van der Waals surface area contributed by atoms with Crippen molar-refractivity contribution in [2.24, 2.45) is 0 Å². The molecule has 88 valence electrons. The highest BCUT2D eigenvalue weighted by molar-refractivity contribution is 5.72. The van der Waals surface area contributed by atoms with Crippen molar-refractivity contribution >= 4 is 5.97 Å². The van der Waals surface area contributed by atoms with Crippen LogP contribution in [0.15, 0.2) is 18.2 Å². The minimum atomic E-state index is -0.463. The fourth-order valence-electron chi connectivity index (χ4n) is 1.28. The van der Waals surface area contributed by atoms with Crippen molar-refractivity contribution in [3.63, 3.8) is 0 Å². The summed E-state index contributed by atoms with van der Waals surface area (Å²) in [6.07, 6.45) is 0.119. The van der Waals surface area contributed by atoms with Gasteiger partial charge in [-0.1, -0.05) is 6.07 Å². The van der Waals surface area contributed by atoms with E-state index in [9.17, 15) is 4.79 Å². The van der Waals surface area contributed by atoms with Crippen molar-refractivity contribution in [3.05, 3.63) is 23.8 Å². The van der Waals surface area contributed by atoms with E-state index in [4.69, 9.17) is 9.47 Å². The molecule has 0 spiro atoms. The summed E-state index contributed by atoms with van der Waals surface area (Å²) in [5.74, 6) is 0.728. The van der Waals surface area contributed by atoms with Crippen LogP contribution in [0, 0.1) is 0 Å². The van der Waals surface area contributed by atoms with Crippen LogP contribution < -0.4 is 9.47 Å². The zero-order valence-electron chi connectivity index (χ0n) is 9.48. The molecule has 0 heterocycles. The first-order valence-corrected chi connectivity index (χ1v) is 4.65. The number of carbonyl (C=O) groups excluding carboxylic acids is 1. The molecule has 0 atom stereocenters. The normalized spacial score (nSPS) is 9.69. The van der Waals surface area contributed by atoms with Crippen LogP contribution in [0.5, 0.6) is 11.5 Å². The Hall–Kier alpha value is -1.75. The molecule has 5 nitrogen and oxygen atoms in total. The van der Waals surface area contributed by atoms with Gasteiger partial charge in [0.05, 0.1) is 27.8 Å². The molecule has 0 amide bonds. The van der Waals surface area contributed by atoms with Crippen molar-refractivity contribution in [1.29, 1.82) is 0 Å². The molecule has 0 unspecified atom stereocenters. The third-order valence-electron chi connectivity index (χ3n) is 1.97. The first-order valence-electron chi connectivity index (χ1n) is 4.65. The standard InChI is InChI=1S/C11H14O5/c1-13-9-5-4-8(6-10(9)14-2)7-11(12)16-15-3/h4-6H,7H2,1-3H3. The average molecular weight is 226 g/mol. The van der Waals surface area contributed by atoms with E-state index < -0.39 is 5.97 Å². The summed E-state index contributed by atoms with van der Waals surface area (Å²) in [4.78, 5) is 19.8. The maximum absolute atomic E-state index is 11.1. The summed E-state index contributed by atoms with van der Waals surface area (Å²) in [7, 11) is 4.37. The zero-order valence-corrected chi connectivity index (χ0v) is 9.48. The predicted molar refractivity (Wildman–Crippen MR) is 56.4 cm³/mol. The van der Waals surface area contributed by atoms with Gasteiger partial charge in [-0.05, 0) is 17.7 Å². The lowest BCUT2D eigenvalue weighted by Crippen LogP contribution is -2.07. The molecule has 0 fully saturated rings. The Bertz CT molecular complexity index is 361. The maximum atomic E-state index is 11.1. The number of benzene rings is 1. The van der Waals surface area contributed by atoms with Gasteiger partial charge < -0.3 is 9.47 Å². The SMILES string of the molecule is COOC(=O)Cc1ccc(OC)c(OC)c1. The first-order chi connectivity index (χ1) is 7.71. The number of methoxy groups -OCH3 is 2. The van der Waals surface area contributed by atoms with E-state index in [-0.39, 0.29) is 6.42 Å². The average Bonchev–Trinajstić information content (AvgIpc) is 2.29. The maximum Gasteiger partial charge on any atom is 0.346 e. The molecule has 0 saturated heterocycles. The molecule has 1 aromatic rings. The van der Waals surface area contributed by atoms with Crippen LogP contribution >= 0.6 is 0 Å². The van der Waals surface area contributed by atoms with Crippen molar-refractivity contribution in [2.75, 3.05) is 21.3 Å². The van der Waals surface area contributed by atoms with E-state index >= 15 is 0 Å². The number of carbonyl (C=O) groups is 1. The van der Waals surface area contributed by atoms with Crippen LogP contribution in [-0.2, 0) is 21.0 Å². The van der Waals surface area contributed by atoms with Gasteiger partial charge in [0.2, 0.25) is 0 Å². The van der Waals surface area contributed by atoms with Gasteiger partial charge in [0.1, 0.15) is 0 Å². The highest BCUT2D eigenvalue weighted by Crippen LogP contribution is 2.27. The Balaban J connectivity index is 2.78. The number of rotatable bonds is 5. The van der Waals surface area contributed by atoms with Crippen molar-refractivity contribution in [1.82, 2.24) is 0 Å². The van der Waals surface area contributed by atoms with Crippen LogP contribution in [0.3, 0.4) is 0 Å². The van der Waals surface area contributed by atoms with Crippen LogP contribution in [0.4, 0.5) is 0 Å². The second-order valence-electron chi connectivity index (χ2n) is 2.99. The summed E-state index contributed by atoms with van der Waals surface area (Å²) < 4.78 is 10.2. The molecule has 0 saturated carbocycles. The summed E-state index contributed by atoms with van der Waals surface area (Å²) in [6.45, 7) is 0.